The first-order chi connectivity index (χ1) is 8.76. The molecule has 0 heterocycles. The summed E-state index contributed by atoms with van der Waals surface area (Å²) < 4.78 is 16.1. The summed E-state index contributed by atoms with van der Waals surface area (Å²) in [4.78, 5) is 0. The van der Waals surface area contributed by atoms with Crippen molar-refractivity contribution in [1.29, 1.82) is 0 Å². The molecule has 1 atom stereocenters. The molecule has 0 bridgehead atoms. The van der Waals surface area contributed by atoms with E-state index < -0.39 is 0 Å². The first-order valence-electron chi connectivity index (χ1n) is 5.91. The first-order valence-corrected chi connectivity index (χ1v) is 5.91. The van der Waals surface area contributed by atoms with Gasteiger partial charge in [-0.25, -0.2) is 0 Å². The second-order valence-corrected chi connectivity index (χ2v) is 3.78. The van der Waals surface area contributed by atoms with Crippen molar-refractivity contribution in [3.8, 4) is 11.5 Å². The van der Waals surface area contributed by atoms with E-state index >= 15 is 0 Å². The lowest BCUT2D eigenvalue weighted by Crippen LogP contribution is -2.17. The molecule has 0 aliphatic heterocycles. The summed E-state index contributed by atoms with van der Waals surface area (Å²) in [5, 5.41) is 8.75. The Balaban J connectivity index is 2.87. The third-order valence-electron chi connectivity index (χ3n) is 2.62. The van der Waals surface area contributed by atoms with Crippen LogP contribution in [0.15, 0.2) is 18.2 Å². The van der Waals surface area contributed by atoms with Gasteiger partial charge in [0, 0.05) is 25.3 Å². The predicted molar refractivity (Wildman–Crippen MR) is 69.0 cm³/mol. The highest BCUT2D eigenvalue weighted by Gasteiger charge is 2.16. The average Bonchev–Trinajstić information content (AvgIpc) is 2.43. The zero-order valence-corrected chi connectivity index (χ0v) is 10.9. The van der Waals surface area contributed by atoms with Crippen molar-refractivity contribution in [3.63, 3.8) is 0 Å². The monoisotopic (exact) mass is 255 g/mol. The number of aliphatic hydroxyl groups excluding tert-OH is 1. The van der Waals surface area contributed by atoms with Crippen LogP contribution in [0.25, 0.3) is 0 Å². The van der Waals surface area contributed by atoms with Gasteiger partial charge in [-0.3, -0.25) is 0 Å². The molecule has 0 aromatic heterocycles. The van der Waals surface area contributed by atoms with E-state index in [0.29, 0.717) is 19.6 Å². The molecule has 18 heavy (non-hydrogen) atoms. The van der Waals surface area contributed by atoms with Gasteiger partial charge in [0.2, 0.25) is 0 Å². The molecule has 102 valence electrons. The maximum absolute atomic E-state index is 8.75. The molecular weight excluding hydrogens is 234 g/mol. The minimum absolute atomic E-state index is 0.104. The molecule has 0 aliphatic rings. The third kappa shape index (κ3) is 3.87. The molecule has 1 unspecified atom stereocenters. The zero-order chi connectivity index (χ0) is 13.4. The van der Waals surface area contributed by atoms with Crippen LogP contribution < -0.4 is 15.2 Å². The molecule has 0 saturated carbocycles. The quantitative estimate of drug-likeness (QED) is 0.680. The standard InChI is InChI=1S/C13H21NO4/c1-16-10-4-5-12(17-2)11(8-10)13(9-14)18-7-3-6-15/h4-5,8,13,15H,3,6-7,9,14H2,1-2H3. The highest BCUT2D eigenvalue weighted by Crippen LogP contribution is 2.30. The van der Waals surface area contributed by atoms with Crippen molar-refractivity contribution in [3.05, 3.63) is 23.8 Å². The molecule has 0 aliphatic carbocycles. The minimum Gasteiger partial charge on any atom is -0.497 e. The van der Waals surface area contributed by atoms with Gasteiger partial charge >= 0.3 is 0 Å². The van der Waals surface area contributed by atoms with Crippen molar-refractivity contribution in [2.45, 2.75) is 12.5 Å². The Kier molecular flexibility index (Phi) is 6.49. The second-order valence-electron chi connectivity index (χ2n) is 3.78. The summed E-state index contributed by atoms with van der Waals surface area (Å²) in [7, 11) is 3.21. The third-order valence-corrected chi connectivity index (χ3v) is 2.62. The van der Waals surface area contributed by atoms with Gasteiger partial charge < -0.3 is 25.1 Å². The summed E-state index contributed by atoms with van der Waals surface area (Å²) in [5.41, 5.74) is 6.58. The van der Waals surface area contributed by atoms with E-state index in [2.05, 4.69) is 0 Å². The maximum atomic E-state index is 8.75. The van der Waals surface area contributed by atoms with Gasteiger partial charge in [0.15, 0.2) is 0 Å². The maximum Gasteiger partial charge on any atom is 0.124 e. The Morgan fingerprint density at radius 1 is 1.28 bits per heavy atom. The zero-order valence-electron chi connectivity index (χ0n) is 10.9. The molecule has 5 heteroatoms. The number of benzene rings is 1. The lowest BCUT2D eigenvalue weighted by Gasteiger charge is -2.19. The topological polar surface area (TPSA) is 73.9 Å². The molecule has 1 aromatic rings. The van der Waals surface area contributed by atoms with E-state index in [4.69, 9.17) is 25.1 Å². The van der Waals surface area contributed by atoms with Crippen molar-refractivity contribution in [1.82, 2.24) is 0 Å². The molecule has 0 spiro atoms. The Bertz CT molecular complexity index is 357. The number of aliphatic hydroxyl groups is 1. The molecule has 0 fully saturated rings. The van der Waals surface area contributed by atoms with Crippen LogP contribution in [0.3, 0.4) is 0 Å². The van der Waals surface area contributed by atoms with Crippen molar-refractivity contribution >= 4 is 0 Å². The fourth-order valence-corrected chi connectivity index (χ4v) is 1.67. The number of hydrogen-bond acceptors (Lipinski definition) is 5. The summed E-state index contributed by atoms with van der Waals surface area (Å²) >= 11 is 0. The number of rotatable bonds is 8. The van der Waals surface area contributed by atoms with Crippen LogP contribution in [0.4, 0.5) is 0 Å². The highest BCUT2D eigenvalue weighted by molar-refractivity contribution is 5.41. The number of nitrogens with two attached hydrogens (primary N) is 1. The summed E-state index contributed by atoms with van der Waals surface area (Å²) in [5.74, 6) is 1.45. The molecule has 3 N–H and O–H groups in total. The molecule has 0 radical (unpaired) electrons. The summed E-state index contributed by atoms with van der Waals surface area (Å²) in [6.45, 7) is 0.903. The van der Waals surface area contributed by atoms with Gasteiger partial charge in [0.25, 0.3) is 0 Å². The molecule has 1 aromatic carbocycles. The van der Waals surface area contributed by atoms with Crippen LogP contribution >= 0.6 is 0 Å². The van der Waals surface area contributed by atoms with Crippen LogP contribution in [0.2, 0.25) is 0 Å². The fourth-order valence-electron chi connectivity index (χ4n) is 1.67. The predicted octanol–water partition coefficient (Wildman–Crippen LogP) is 1.10. The molecule has 1 rings (SSSR count). The second kappa shape index (κ2) is 7.92. The number of methoxy groups -OCH3 is 2. The van der Waals surface area contributed by atoms with Gasteiger partial charge in [-0.15, -0.1) is 0 Å². The van der Waals surface area contributed by atoms with Crippen molar-refractivity contribution < 1.29 is 19.3 Å². The molecule has 0 saturated heterocycles. The highest BCUT2D eigenvalue weighted by atomic mass is 16.5. The summed E-state index contributed by atoms with van der Waals surface area (Å²) in [6, 6.07) is 5.51. The molecule has 5 nitrogen and oxygen atoms in total. The van der Waals surface area contributed by atoms with Crippen LogP contribution in [-0.2, 0) is 4.74 Å². The van der Waals surface area contributed by atoms with E-state index in [1.165, 1.54) is 0 Å². The lowest BCUT2D eigenvalue weighted by molar-refractivity contribution is 0.0472. The smallest absolute Gasteiger partial charge is 0.124 e. The van der Waals surface area contributed by atoms with E-state index in [1.54, 1.807) is 14.2 Å². The first kappa shape index (κ1) is 14.8. The van der Waals surface area contributed by atoms with Gasteiger partial charge in [-0.05, 0) is 24.6 Å². The van der Waals surface area contributed by atoms with Crippen LogP contribution in [0.1, 0.15) is 18.1 Å². The van der Waals surface area contributed by atoms with E-state index in [-0.39, 0.29) is 12.7 Å². The van der Waals surface area contributed by atoms with Crippen molar-refractivity contribution in [2.75, 3.05) is 34.0 Å². The normalized spacial score (nSPS) is 12.2. The van der Waals surface area contributed by atoms with Crippen LogP contribution in [-0.4, -0.2) is 39.1 Å². The Morgan fingerprint density at radius 3 is 2.61 bits per heavy atom. The lowest BCUT2D eigenvalue weighted by atomic mass is 10.1. The Hall–Kier alpha value is -1.30. The van der Waals surface area contributed by atoms with Crippen LogP contribution in [0.5, 0.6) is 11.5 Å². The Labute approximate surface area is 107 Å². The fraction of sp³-hybridized carbons (Fsp3) is 0.538. The van der Waals surface area contributed by atoms with Gasteiger partial charge in [0.1, 0.15) is 11.5 Å². The minimum atomic E-state index is -0.262. The molecule has 0 amide bonds. The van der Waals surface area contributed by atoms with Gasteiger partial charge in [-0.1, -0.05) is 0 Å². The van der Waals surface area contributed by atoms with E-state index in [0.717, 1.165) is 17.1 Å². The van der Waals surface area contributed by atoms with Gasteiger partial charge in [-0.2, -0.15) is 0 Å². The van der Waals surface area contributed by atoms with Crippen molar-refractivity contribution in [2.24, 2.45) is 5.73 Å². The largest absolute Gasteiger partial charge is 0.497 e. The summed E-state index contributed by atoms with van der Waals surface area (Å²) in [6.07, 6.45) is 0.324. The Morgan fingerprint density at radius 2 is 2.06 bits per heavy atom. The van der Waals surface area contributed by atoms with E-state index in [1.807, 2.05) is 18.2 Å². The number of ether oxygens (including phenoxy) is 3. The van der Waals surface area contributed by atoms with Crippen LogP contribution in [0, 0.1) is 0 Å². The average molecular weight is 255 g/mol. The van der Waals surface area contributed by atoms with Gasteiger partial charge in [0.05, 0.1) is 20.3 Å². The SMILES string of the molecule is COc1ccc(OC)c(C(CN)OCCCO)c1. The number of hydrogen-bond donors (Lipinski definition) is 2. The van der Waals surface area contributed by atoms with E-state index in [9.17, 15) is 0 Å². The molecular formula is C13H21NO4.